The van der Waals surface area contributed by atoms with Gasteiger partial charge >= 0.3 is 0 Å². The summed E-state index contributed by atoms with van der Waals surface area (Å²) in [7, 11) is 0. The Bertz CT molecular complexity index is 651. The highest BCUT2D eigenvalue weighted by molar-refractivity contribution is 7.98. The van der Waals surface area contributed by atoms with E-state index in [4.69, 9.17) is 10.5 Å². The number of hydrogen-bond acceptors (Lipinski definition) is 5. The third kappa shape index (κ3) is 5.63. The highest BCUT2D eigenvalue weighted by Crippen LogP contribution is 2.29. The highest BCUT2D eigenvalue weighted by Gasteiger charge is 2.38. The van der Waals surface area contributed by atoms with E-state index in [2.05, 4.69) is 0 Å². The molecule has 2 aliphatic rings. The van der Waals surface area contributed by atoms with Crippen molar-refractivity contribution in [3.8, 4) is 0 Å². The predicted molar refractivity (Wildman–Crippen MR) is 115 cm³/mol. The minimum atomic E-state index is -0.243. The molecule has 0 radical (unpaired) electrons. The second-order valence-electron chi connectivity index (χ2n) is 7.14. The monoisotopic (exact) mass is 427 g/mol. The lowest BCUT2D eigenvalue weighted by molar-refractivity contribution is -0.138. The minimum absolute atomic E-state index is 0. The molecule has 0 aromatic heterocycles. The molecule has 0 saturated carbocycles. The normalized spacial score (nSPS) is 20.4. The van der Waals surface area contributed by atoms with Crippen LogP contribution in [0.5, 0.6) is 0 Å². The van der Waals surface area contributed by atoms with Gasteiger partial charge in [0, 0.05) is 43.2 Å². The minimum Gasteiger partial charge on any atom is -0.378 e. The first-order chi connectivity index (χ1) is 13.1. The van der Waals surface area contributed by atoms with Gasteiger partial charge in [0.2, 0.25) is 11.8 Å². The van der Waals surface area contributed by atoms with Gasteiger partial charge < -0.3 is 20.3 Å². The summed E-state index contributed by atoms with van der Waals surface area (Å²) in [5.41, 5.74) is 6.36. The zero-order chi connectivity index (χ0) is 19.2. The second-order valence-corrected chi connectivity index (χ2v) is 8.02. The van der Waals surface area contributed by atoms with E-state index >= 15 is 0 Å². The van der Waals surface area contributed by atoms with E-state index in [1.54, 1.807) is 16.7 Å². The number of benzene rings is 1. The van der Waals surface area contributed by atoms with Gasteiger partial charge in [0.25, 0.3) is 0 Å². The molecule has 2 saturated heterocycles. The number of carbonyl (C=O) groups is 2. The number of rotatable bonds is 7. The maximum Gasteiger partial charge on any atom is 0.228 e. The fraction of sp³-hybridized carbons (Fsp3) is 0.600. The van der Waals surface area contributed by atoms with Crippen LogP contribution in [0.3, 0.4) is 0 Å². The fourth-order valence-corrected chi connectivity index (χ4v) is 4.13. The van der Waals surface area contributed by atoms with Gasteiger partial charge in [-0.15, -0.1) is 24.2 Å². The summed E-state index contributed by atoms with van der Waals surface area (Å²) in [6.45, 7) is 3.22. The van der Waals surface area contributed by atoms with Gasteiger partial charge in [0.15, 0.2) is 0 Å². The Morgan fingerprint density at radius 3 is 2.54 bits per heavy atom. The number of thioether (sulfide) groups is 1. The van der Waals surface area contributed by atoms with Crippen molar-refractivity contribution in [1.29, 1.82) is 0 Å². The van der Waals surface area contributed by atoms with Gasteiger partial charge in [-0.05, 0) is 56.3 Å². The number of carbonyl (C=O) groups excluding carboxylic acids is 2. The number of nitrogens with two attached hydrogens (primary N) is 1. The molecule has 28 heavy (non-hydrogen) atoms. The molecule has 0 spiro atoms. The molecule has 1 aromatic rings. The van der Waals surface area contributed by atoms with Crippen LogP contribution in [0.4, 0.5) is 5.69 Å². The van der Waals surface area contributed by atoms with E-state index in [-0.39, 0.29) is 36.2 Å². The van der Waals surface area contributed by atoms with E-state index < -0.39 is 0 Å². The number of ether oxygens (including phenoxy) is 1. The number of likely N-dealkylation sites (tertiary alicyclic amines) is 1. The quantitative estimate of drug-likeness (QED) is 0.534. The predicted octanol–water partition coefficient (Wildman–Crippen LogP) is 2.54. The van der Waals surface area contributed by atoms with Gasteiger partial charge in [0.05, 0.1) is 12.0 Å². The third-order valence-electron chi connectivity index (χ3n) is 5.31. The molecule has 2 fully saturated rings. The molecular weight excluding hydrogens is 398 g/mol. The topological polar surface area (TPSA) is 75.9 Å². The first kappa shape index (κ1) is 23.0. The van der Waals surface area contributed by atoms with Crippen molar-refractivity contribution in [2.45, 2.75) is 36.7 Å². The Morgan fingerprint density at radius 1 is 1.25 bits per heavy atom. The van der Waals surface area contributed by atoms with Crippen molar-refractivity contribution in [2.24, 2.45) is 11.7 Å². The molecule has 1 aromatic carbocycles. The second kappa shape index (κ2) is 11.0. The molecule has 3 rings (SSSR count). The van der Waals surface area contributed by atoms with Gasteiger partial charge in [-0.25, -0.2) is 0 Å². The lowest BCUT2D eigenvalue weighted by Crippen LogP contribution is -2.44. The maximum atomic E-state index is 12.9. The number of hydrogen-bond donors (Lipinski definition) is 1. The average molecular weight is 428 g/mol. The van der Waals surface area contributed by atoms with Crippen LogP contribution >= 0.6 is 24.2 Å². The summed E-state index contributed by atoms with van der Waals surface area (Å²) >= 11 is 1.67. The maximum absolute atomic E-state index is 12.9. The van der Waals surface area contributed by atoms with Crippen molar-refractivity contribution >= 4 is 41.7 Å². The first-order valence-corrected chi connectivity index (χ1v) is 10.9. The van der Waals surface area contributed by atoms with E-state index in [0.29, 0.717) is 39.2 Å². The number of halogens is 1. The molecule has 156 valence electrons. The smallest absolute Gasteiger partial charge is 0.228 e. The van der Waals surface area contributed by atoms with Crippen molar-refractivity contribution in [2.75, 3.05) is 43.9 Å². The molecule has 6 nitrogen and oxygen atoms in total. The van der Waals surface area contributed by atoms with Crippen LogP contribution in [0.2, 0.25) is 0 Å². The van der Waals surface area contributed by atoms with Gasteiger partial charge in [-0.2, -0.15) is 0 Å². The van der Waals surface area contributed by atoms with Gasteiger partial charge in [0.1, 0.15) is 0 Å². The number of anilines is 1. The zero-order valence-corrected chi connectivity index (χ0v) is 18.0. The van der Waals surface area contributed by atoms with Crippen LogP contribution in [-0.2, 0) is 14.3 Å². The SMILES string of the molecule is CSc1ccc(N2CC(C(=O)N3CCC(OCCCN)CC3)CC2=O)cc1.Cl. The van der Waals surface area contributed by atoms with Crippen LogP contribution in [0.25, 0.3) is 0 Å². The van der Waals surface area contributed by atoms with Crippen LogP contribution in [0.1, 0.15) is 25.7 Å². The highest BCUT2D eigenvalue weighted by atomic mass is 35.5. The van der Waals surface area contributed by atoms with Crippen molar-refractivity contribution in [3.63, 3.8) is 0 Å². The first-order valence-electron chi connectivity index (χ1n) is 9.67. The van der Waals surface area contributed by atoms with E-state index in [0.717, 1.165) is 29.8 Å². The molecular formula is C20H30ClN3O3S. The summed E-state index contributed by atoms with van der Waals surface area (Å²) in [6.07, 6.45) is 5.13. The molecule has 2 aliphatic heterocycles. The van der Waals surface area contributed by atoms with Crippen molar-refractivity contribution < 1.29 is 14.3 Å². The van der Waals surface area contributed by atoms with Crippen molar-refractivity contribution in [3.05, 3.63) is 24.3 Å². The molecule has 2 N–H and O–H groups in total. The molecule has 1 atom stereocenters. The van der Waals surface area contributed by atoms with E-state index in [1.165, 1.54) is 0 Å². The number of amides is 2. The molecule has 2 heterocycles. The Morgan fingerprint density at radius 2 is 1.93 bits per heavy atom. The number of piperidine rings is 1. The van der Waals surface area contributed by atoms with Gasteiger partial charge in [-0.1, -0.05) is 0 Å². The van der Waals surface area contributed by atoms with Crippen LogP contribution in [-0.4, -0.2) is 61.9 Å². The lowest BCUT2D eigenvalue weighted by Gasteiger charge is -2.33. The van der Waals surface area contributed by atoms with Crippen LogP contribution < -0.4 is 10.6 Å². The van der Waals surface area contributed by atoms with Crippen molar-refractivity contribution in [1.82, 2.24) is 4.90 Å². The Hall–Kier alpha value is -1.28. The standard InChI is InChI=1S/C20H29N3O3S.ClH/c1-27-18-5-3-16(4-6-18)23-14-15(13-19(23)24)20(25)22-10-7-17(8-11-22)26-12-2-9-21;/h3-6,15,17H,2,7-14,21H2,1H3;1H. The Labute approximate surface area is 177 Å². The average Bonchev–Trinajstić information content (AvgIpc) is 3.10. The molecule has 1 unspecified atom stereocenters. The van der Waals surface area contributed by atoms with Crippen LogP contribution in [0.15, 0.2) is 29.2 Å². The largest absolute Gasteiger partial charge is 0.378 e. The fourth-order valence-electron chi connectivity index (χ4n) is 3.72. The summed E-state index contributed by atoms with van der Waals surface area (Å²) in [4.78, 5) is 30.1. The lowest BCUT2D eigenvalue weighted by atomic mass is 10.0. The molecule has 0 bridgehead atoms. The molecule has 8 heteroatoms. The van der Waals surface area contributed by atoms with E-state index in [1.807, 2.05) is 35.4 Å². The molecule has 2 amide bonds. The van der Waals surface area contributed by atoms with Crippen LogP contribution in [0, 0.1) is 5.92 Å². The summed E-state index contributed by atoms with van der Waals surface area (Å²) in [5.74, 6) is -0.107. The Kier molecular flexibility index (Phi) is 9.08. The summed E-state index contributed by atoms with van der Waals surface area (Å²) < 4.78 is 5.81. The number of nitrogens with zero attached hydrogens (tertiary/aromatic N) is 2. The summed E-state index contributed by atoms with van der Waals surface area (Å²) in [5, 5.41) is 0. The van der Waals surface area contributed by atoms with E-state index in [9.17, 15) is 9.59 Å². The molecule has 0 aliphatic carbocycles. The Balaban J connectivity index is 0.00000280. The van der Waals surface area contributed by atoms with Gasteiger partial charge in [-0.3, -0.25) is 9.59 Å². The third-order valence-corrected chi connectivity index (χ3v) is 6.06. The summed E-state index contributed by atoms with van der Waals surface area (Å²) in [6, 6.07) is 7.94. The zero-order valence-electron chi connectivity index (χ0n) is 16.3.